The molecule has 0 bridgehead atoms. The number of carbonyl (C=O) groups excluding carboxylic acids is 1. The van der Waals surface area contributed by atoms with Gasteiger partial charge in [0, 0.05) is 11.8 Å². The number of methoxy groups -OCH3 is 2. The molecule has 0 saturated heterocycles. The highest BCUT2D eigenvalue weighted by atomic mass is 16.5. The van der Waals surface area contributed by atoms with Crippen LogP contribution in [0, 0.1) is 0 Å². The van der Waals surface area contributed by atoms with Crippen LogP contribution in [0.1, 0.15) is 13.8 Å². The Morgan fingerprint density at radius 1 is 1.00 bits per heavy atom. The lowest BCUT2D eigenvalue weighted by Crippen LogP contribution is -2.22. The van der Waals surface area contributed by atoms with E-state index in [0.717, 1.165) is 11.4 Å². The highest BCUT2D eigenvalue weighted by Gasteiger charge is 2.09. The Balaban J connectivity index is 1.92. The topological polar surface area (TPSA) is 68.8 Å². The Hall–Kier alpha value is -2.89. The van der Waals surface area contributed by atoms with Crippen LogP contribution in [0.5, 0.6) is 17.2 Å². The summed E-state index contributed by atoms with van der Waals surface area (Å²) in [6.07, 6.45) is 0.127. The van der Waals surface area contributed by atoms with Crippen LogP contribution in [0.15, 0.2) is 42.5 Å². The van der Waals surface area contributed by atoms with Gasteiger partial charge in [-0.25, -0.2) is 0 Å². The van der Waals surface area contributed by atoms with Crippen molar-refractivity contribution in [1.82, 2.24) is 0 Å². The van der Waals surface area contributed by atoms with Crippen LogP contribution in [0.25, 0.3) is 0 Å². The molecule has 0 saturated carbocycles. The zero-order chi connectivity index (χ0) is 18.2. The van der Waals surface area contributed by atoms with Gasteiger partial charge in [0.2, 0.25) is 5.91 Å². The highest BCUT2D eigenvalue weighted by Crippen LogP contribution is 2.28. The minimum Gasteiger partial charge on any atom is -0.497 e. The van der Waals surface area contributed by atoms with E-state index in [9.17, 15) is 4.79 Å². The third-order valence-corrected chi connectivity index (χ3v) is 3.36. The molecule has 6 nitrogen and oxygen atoms in total. The molecular weight excluding hydrogens is 320 g/mol. The van der Waals surface area contributed by atoms with Crippen molar-refractivity contribution >= 4 is 17.3 Å². The van der Waals surface area contributed by atoms with Crippen molar-refractivity contribution in [1.29, 1.82) is 0 Å². The van der Waals surface area contributed by atoms with E-state index >= 15 is 0 Å². The van der Waals surface area contributed by atoms with Gasteiger partial charge in [-0.3, -0.25) is 4.79 Å². The Labute approximate surface area is 148 Å². The first-order valence-electron chi connectivity index (χ1n) is 8.04. The van der Waals surface area contributed by atoms with Crippen LogP contribution in [-0.2, 0) is 4.79 Å². The molecule has 0 radical (unpaired) electrons. The number of amides is 1. The molecule has 0 aliphatic heterocycles. The Morgan fingerprint density at radius 2 is 1.68 bits per heavy atom. The van der Waals surface area contributed by atoms with Gasteiger partial charge in [0.15, 0.2) is 0 Å². The first kappa shape index (κ1) is 18.4. The number of carbonyl (C=O) groups is 1. The minimum atomic E-state index is -0.186. The second-order valence-electron chi connectivity index (χ2n) is 5.66. The van der Waals surface area contributed by atoms with Crippen molar-refractivity contribution in [2.24, 2.45) is 0 Å². The molecular formula is C19H24N2O4. The van der Waals surface area contributed by atoms with Gasteiger partial charge >= 0.3 is 0 Å². The van der Waals surface area contributed by atoms with Crippen LogP contribution < -0.4 is 24.8 Å². The quantitative estimate of drug-likeness (QED) is 0.766. The molecule has 2 rings (SSSR count). The van der Waals surface area contributed by atoms with Gasteiger partial charge in [-0.1, -0.05) is 0 Å². The van der Waals surface area contributed by atoms with Gasteiger partial charge in [0.1, 0.15) is 17.2 Å². The minimum absolute atomic E-state index is 0.127. The summed E-state index contributed by atoms with van der Waals surface area (Å²) in [5.74, 6) is 1.83. The number of anilines is 2. The van der Waals surface area contributed by atoms with Crippen LogP contribution in [0.2, 0.25) is 0 Å². The first-order chi connectivity index (χ1) is 12.0. The molecule has 0 aromatic heterocycles. The maximum atomic E-state index is 12.2. The molecule has 2 N–H and O–H groups in total. The van der Waals surface area contributed by atoms with Crippen molar-refractivity contribution in [2.45, 2.75) is 20.0 Å². The molecule has 0 aliphatic rings. The van der Waals surface area contributed by atoms with E-state index in [0.29, 0.717) is 17.2 Å². The molecule has 2 aromatic carbocycles. The average molecular weight is 344 g/mol. The number of hydrogen-bond acceptors (Lipinski definition) is 5. The summed E-state index contributed by atoms with van der Waals surface area (Å²) in [5.41, 5.74) is 1.40. The molecule has 0 heterocycles. The van der Waals surface area contributed by atoms with E-state index in [1.54, 1.807) is 32.4 Å². The largest absolute Gasteiger partial charge is 0.497 e. The monoisotopic (exact) mass is 344 g/mol. The summed E-state index contributed by atoms with van der Waals surface area (Å²) in [6, 6.07) is 12.7. The number of hydrogen-bond donors (Lipinski definition) is 2. The predicted molar refractivity (Wildman–Crippen MR) is 98.9 cm³/mol. The van der Waals surface area contributed by atoms with Crippen molar-refractivity contribution in [3.8, 4) is 17.2 Å². The lowest BCUT2D eigenvalue weighted by molar-refractivity contribution is -0.114. The molecule has 0 aliphatic carbocycles. The zero-order valence-electron chi connectivity index (χ0n) is 15.0. The molecule has 25 heavy (non-hydrogen) atoms. The highest BCUT2D eigenvalue weighted by molar-refractivity contribution is 5.95. The van der Waals surface area contributed by atoms with E-state index in [-0.39, 0.29) is 18.6 Å². The second-order valence-corrected chi connectivity index (χ2v) is 5.66. The van der Waals surface area contributed by atoms with Crippen LogP contribution in [0.3, 0.4) is 0 Å². The van der Waals surface area contributed by atoms with Crippen molar-refractivity contribution in [3.63, 3.8) is 0 Å². The maximum absolute atomic E-state index is 12.2. The molecule has 1 amide bonds. The number of nitrogens with one attached hydrogen (secondary N) is 2. The lowest BCUT2D eigenvalue weighted by atomic mass is 10.2. The first-order valence-corrected chi connectivity index (χ1v) is 8.04. The van der Waals surface area contributed by atoms with E-state index in [4.69, 9.17) is 14.2 Å². The summed E-state index contributed by atoms with van der Waals surface area (Å²) in [7, 11) is 3.12. The molecule has 0 atom stereocenters. The third-order valence-electron chi connectivity index (χ3n) is 3.36. The molecule has 2 aromatic rings. The average Bonchev–Trinajstić information content (AvgIpc) is 2.60. The van der Waals surface area contributed by atoms with Crippen molar-refractivity contribution in [3.05, 3.63) is 42.5 Å². The molecule has 6 heteroatoms. The molecule has 0 spiro atoms. The van der Waals surface area contributed by atoms with Crippen molar-refractivity contribution in [2.75, 3.05) is 31.4 Å². The SMILES string of the molecule is COc1ccc(OC)c(NC(=O)CNc2ccc(OC(C)C)cc2)c1. The fourth-order valence-electron chi connectivity index (χ4n) is 2.21. The fourth-order valence-corrected chi connectivity index (χ4v) is 2.21. The van der Waals surface area contributed by atoms with Crippen LogP contribution >= 0.6 is 0 Å². The normalized spacial score (nSPS) is 10.3. The summed E-state index contributed by atoms with van der Waals surface area (Å²) in [6.45, 7) is 4.08. The van der Waals surface area contributed by atoms with E-state index in [2.05, 4.69) is 10.6 Å². The Kier molecular flexibility index (Phi) is 6.51. The summed E-state index contributed by atoms with van der Waals surface area (Å²) < 4.78 is 16.0. The van der Waals surface area contributed by atoms with E-state index in [1.165, 1.54) is 0 Å². The van der Waals surface area contributed by atoms with E-state index in [1.807, 2.05) is 38.1 Å². The number of rotatable bonds is 8. The number of ether oxygens (including phenoxy) is 3. The Morgan fingerprint density at radius 3 is 2.28 bits per heavy atom. The summed E-state index contributed by atoms with van der Waals surface area (Å²) in [4.78, 5) is 12.2. The second kappa shape index (κ2) is 8.82. The van der Waals surface area contributed by atoms with Gasteiger partial charge in [-0.15, -0.1) is 0 Å². The lowest BCUT2D eigenvalue weighted by Gasteiger charge is -2.13. The smallest absolute Gasteiger partial charge is 0.243 e. The van der Waals surface area contributed by atoms with Gasteiger partial charge in [0.25, 0.3) is 0 Å². The van der Waals surface area contributed by atoms with Crippen LogP contribution in [0.4, 0.5) is 11.4 Å². The van der Waals surface area contributed by atoms with Crippen molar-refractivity contribution < 1.29 is 19.0 Å². The molecule has 0 unspecified atom stereocenters. The van der Waals surface area contributed by atoms with Gasteiger partial charge in [-0.2, -0.15) is 0 Å². The third kappa shape index (κ3) is 5.60. The molecule has 134 valence electrons. The predicted octanol–water partition coefficient (Wildman–Crippen LogP) is 3.54. The van der Waals surface area contributed by atoms with Gasteiger partial charge in [0.05, 0.1) is 32.6 Å². The van der Waals surface area contributed by atoms with Crippen LogP contribution in [-0.4, -0.2) is 32.8 Å². The van der Waals surface area contributed by atoms with Gasteiger partial charge in [-0.05, 0) is 50.2 Å². The standard InChI is InChI=1S/C19H24N2O4/c1-13(2)25-15-7-5-14(6-8-15)20-12-19(22)21-17-11-16(23-3)9-10-18(17)24-4/h5-11,13,20H,12H2,1-4H3,(H,21,22). The maximum Gasteiger partial charge on any atom is 0.243 e. The summed E-state index contributed by atoms with van der Waals surface area (Å²) >= 11 is 0. The molecule has 0 fully saturated rings. The van der Waals surface area contributed by atoms with Gasteiger partial charge < -0.3 is 24.8 Å². The zero-order valence-corrected chi connectivity index (χ0v) is 15.0. The summed E-state index contributed by atoms with van der Waals surface area (Å²) in [5, 5.41) is 5.88. The fraction of sp³-hybridized carbons (Fsp3) is 0.316. The Bertz CT molecular complexity index is 699. The van der Waals surface area contributed by atoms with E-state index < -0.39 is 0 Å². The number of benzene rings is 2.